The molecular weight excluding hydrogens is 488 g/mol. The lowest BCUT2D eigenvalue weighted by atomic mass is 10.2. The van der Waals surface area contributed by atoms with Gasteiger partial charge in [0.15, 0.2) is 5.16 Å². The number of fused-ring (bicyclic) bond motifs is 1. The lowest BCUT2D eigenvalue weighted by Gasteiger charge is -2.17. The van der Waals surface area contributed by atoms with E-state index in [4.69, 9.17) is 4.74 Å². The van der Waals surface area contributed by atoms with Crippen molar-refractivity contribution in [3.8, 4) is 0 Å². The number of ether oxygens (including phenoxy) is 1. The number of carbonyl (C=O) groups is 1. The summed E-state index contributed by atoms with van der Waals surface area (Å²) in [6.45, 7) is 2.84. The van der Waals surface area contributed by atoms with Crippen molar-refractivity contribution in [1.29, 1.82) is 0 Å². The summed E-state index contributed by atoms with van der Waals surface area (Å²) in [5.41, 5.74) is 1.56. The fraction of sp³-hybridized carbons (Fsp3) is 0.375. The second-order valence-corrected chi connectivity index (χ2v) is 11.7. The van der Waals surface area contributed by atoms with E-state index in [0.29, 0.717) is 34.9 Å². The van der Waals surface area contributed by atoms with Gasteiger partial charge in [-0.05, 0) is 49.6 Å². The number of nitrogens with one attached hydrogen (secondary N) is 1. The Morgan fingerprint density at radius 2 is 2.03 bits per heavy atom. The molecule has 2 heterocycles. The number of thioether (sulfide) groups is 1. The second-order valence-electron chi connectivity index (χ2n) is 8.56. The summed E-state index contributed by atoms with van der Waals surface area (Å²) < 4.78 is 33.4. The molecular formula is C24H28N4O5S2. The van der Waals surface area contributed by atoms with E-state index in [-0.39, 0.29) is 28.2 Å². The molecule has 0 unspecified atom stereocenters. The Morgan fingerprint density at radius 3 is 2.74 bits per heavy atom. The van der Waals surface area contributed by atoms with E-state index in [0.717, 1.165) is 22.7 Å². The van der Waals surface area contributed by atoms with Crippen LogP contribution in [0.3, 0.4) is 0 Å². The minimum absolute atomic E-state index is 0.000399. The number of aromatic nitrogens is 2. The number of hydrogen-bond donors (Lipinski definition) is 1. The summed E-state index contributed by atoms with van der Waals surface area (Å²) in [5, 5.41) is 3.76. The zero-order valence-electron chi connectivity index (χ0n) is 19.9. The molecule has 186 valence electrons. The average Bonchev–Trinajstić information content (AvgIpc) is 3.34. The van der Waals surface area contributed by atoms with Gasteiger partial charge in [0.25, 0.3) is 5.56 Å². The maximum Gasteiger partial charge on any atom is 0.262 e. The lowest BCUT2D eigenvalue weighted by molar-refractivity contribution is -0.113. The van der Waals surface area contributed by atoms with Crippen LogP contribution in [0.2, 0.25) is 0 Å². The van der Waals surface area contributed by atoms with Crippen molar-refractivity contribution in [3.05, 3.63) is 58.4 Å². The van der Waals surface area contributed by atoms with Gasteiger partial charge in [0, 0.05) is 26.4 Å². The van der Waals surface area contributed by atoms with Crippen LogP contribution in [0.5, 0.6) is 0 Å². The Bertz CT molecular complexity index is 1410. The molecule has 0 aliphatic carbocycles. The van der Waals surface area contributed by atoms with E-state index in [9.17, 15) is 18.0 Å². The fourth-order valence-electron chi connectivity index (χ4n) is 3.83. The second kappa shape index (κ2) is 10.5. The molecule has 3 aromatic rings. The largest absolute Gasteiger partial charge is 0.376 e. The Balaban J connectivity index is 1.55. The van der Waals surface area contributed by atoms with E-state index in [1.54, 1.807) is 35.8 Å². The number of benzene rings is 2. The monoisotopic (exact) mass is 516 g/mol. The van der Waals surface area contributed by atoms with Crippen molar-refractivity contribution in [1.82, 2.24) is 13.9 Å². The standard InChI is InChI=1S/C24H28N4O5S2/c1-16-10-11-18(35(31,32)27(2)3)13-21(16)25-22(29)15-34-24-26-20-9-5-4-8-19(20)23(30)28(24)14-17-7-6-12-33-17/h4-5,8-11,13,17H,6-7,12,14-15H2,1-3H3,(H,25,29)/t17-/m0/s1. The van der Waals surface area contributed by atoms with Gasteiger partial charge in [0.2, 0.25) is 15.9 Å². The Labute approximate surface area is 208 Å². The average molecular weight is 517 g/mol. The van der Waals surface area contributed by atoms with Crippen LogP contribution < -0.4 is 10.9 Å². The van der Waals surface area contributed by atoms with E-state index < -0.39 is 10.0 Å². The van der Waals surface area contributed by atoms with Gasteiger partial charge >= 0.3 is 0 Å². The molecule has 1 saturated heterocycles. The topological polar surface area (TPSA) is 111 Å². The molecule has 1 amide bonds. The van der Waals surface area contributed by atoms with Gasteiger partial charge < -0.3 is 10.1 Å². The highest BCUT2D eigenvalue weighted by molar-refractivity contribution is 7.99. The number of carbonyl (C=O) groups excluding carboxylic acids is 1. The molecule has 0 radical (unpaired) electrons. The zero-order valence-corrected chi connectivity index (χ0v) is 21.5. The quantitative estimate of drug-likeness (QED) is 0.362. The van der Waals surface area contributed by atoms with Crippen molar-refractivity contribution in [2.24, 2.45) is 0 Å². The molecule has 0 spiro atoms. The fourth-order valence-corrected chi connectivity index (χ4v) is 5.57. The van der Waals surface area contributed by atoms with Crippen molar-refractivity contribution in [3.63, 3.8) is 0 Å². The zero-order chi connectivity index (χ0) is 25.2. The van der Waals surface area contributed by atoms with Gasteiger partial charge in [-0.2, -0.15) is 0 Å². The van der Waals surface area contributed by atoms with Gasteiger partial charge in [-0.15, -0.1) is 0 Å². The third-order valence-corrected chi connectivity index (χ3v) is 8.62. The Hall–Kier alpha value is -2.73. The summed E-state index contributed by atoms with van der Waals surface area (Å²) in [6.07, 6.45) is 1.76. The number of para-hydroxylation sites is 1. The number of aryl methyl sites for hydroxylation is 1. The first-order valence-electron chi connectivity index (χ1n) is 11.2. The maximum atomic E-state index is 13.2. The highest BCUT2D eigenvalue weighted by atomic mass is 32.2. The smallest absolute Gasteiger partial charge is 0.262 e. The van der Waals surface area contributed by atoms with Crippen LogP contribution in [0.25, 0.3) is 10.9 Å². The van der Waals surface area contributed by atoms with Crippen LogP contribution in [-0.4, -0.2) is 60.7 Å². The molecule has 4 rings (SSSR count). The Morgan fingerprint density at radius 1 is 1.26 bits per heavy atom. The van der Waals surface area contributed by atoms with Crippen LogP contribution in [0.1, 0.15) is 18.4 Å². The van der Waals surface area contributed by atoms with Gasteiger partial charge in [0.05, 0.1) is 34.2 Å². The number of anilines is 1. The first-order valence-corrected chi connectivity index (χ1v) is 13.7. The first-order chi connectivity index (χ1) is 16.7. The van der Waals surface area contributed by atoms with Gasteiger partial charge in [-0.1, -0.05) is 30.0 Å². The van der Waals surface area contributed by atoms with E-state index >= 15 is 0 Å². The van der Waals surface area contributed by atoms with Crippen LogP contribution in [0.4, 0.5) is 5.69 Å². The van der Waals surface area contributed by atoms with E-state index in [1.165, 1.54) is 38.0 Å². The third-order valence-electron chi connectivity index (χ3n) is 5.83. The minimum Gasteiger partial charge on any atom is -0.376 e. The molecule has 1 aliphatic rings. The highest BCUT2D eigenvalue weighted by Gasteiger charge is 2.22. The number of rotatable bonds is 8. The van der Waals surface area contributed by atoms with Crippen LogP contribution in [0.15, 0.2) is 57.3 Å². The molecule has 9 nitrogen and oxygen atoms in total. The first kappa shape index (κ1) is 25.4. The summed E-state index contributed by atoms with van der Waals surface area (Å²) >= 11 is 1.17. The lowest BCUT2D eigenvalue weighted by Crippen LogP contribution is -2.29. The molecule has 1 atom stereocenters. The SMILES string of the molecule is Cc1ccc(S(=O)(=O)N(C)C)cc1NC(=O)CSc1nc2ccccc2c(=O)n1C[C@@H]1CCCO1. The van der Waals surface area contributed by atoms with Crippen LogP contribution in [0, 0.1) is 6.92 Å². The highest BCUT2D eigenvalue weighted by Crippen LogP contribution is 2.24. The van der Waals surface area contributed by atoms with Gasteiger partial charge in [0.1, 0.15) is 0 Å². The molecule has 2 aromatic carbocycles. The number of sulfonamides is 1. The van der Waals surface area contributed by atoms with Crippen LogP contribution in [-0.2, 0) is 26.1 Å². The number of hydrogen-bond acceptors (Lipinski definition) is 7. The molecule has 1 fully saturated rings. The number of nitrogens with zero attached hydrogens (tertiary/aromatic N) is 3. The minimum atomic E-state index is -3.63. The predicted octanol–water partition coefficient (Wildman–Crippen LogP) is 2.87. The van der Waals surface area contributed by atoms with Gasteiger partial charge in [-0.3, -0.25) is 14.2 Å². The number of amides is 1. The van der Waals surface area contributed by atoms with Crippen LogP contribution >= 0.6 is 11.8 Å². The molecule has 35 heavy (non-hydrogen) atoms. The molecule has 1 aliphatic heterocycles. The van der Waals surface area contributed by atoms with Crippen molar-refractivity contribution < 1.29 is 17.9 Å². The van der Waals surface area contributed by atoms with Crippen molar-refractivity contribution in [2.75, 3.05) is 31.8 Å². The summed E-state index contributed by atoms with van der Waals surface area (Å²) in [4.78, 5) is 30.7. The van der Waals surface area contributed by atoms with Crippen molar-refractivity contribution in [2.45, 2.75) is 42.5 Å². The maximum absolute atomic E-state index is 13.2. The van der Waals surface area contributed by atoms with E-state index in [2.05, 4.69) is 10.3 Å². The predicted molar refractivity (Wildman–Crippen MR) is 136 cm³/mol. The molecule has 1 aromatic heterocycles. The summed E-state index contributed by atoms with van der Waals surface area (Å²) in [6, 6.07) is 11.8. The summed E-state index contributed by atoms with van der Waals surface area (Å²) in [5.74, 6) is -0.330. The Kier molecular flexibility index (Phi) is 7.60. The molecule has 0 bridgehead atoms. The molecule has 1 N–H and O–H groups in total. The molecule has 11 heteroatoms. The normalized spacial score (nSPS) is 16.2. The third kappa shape index (κ3) is 5.58. The van der Waals surface area contributed by atoms with Crippen molar-refractivity contribution >= 4 is 44.3 Å². The van der Waals surface area contributed by atoms with E-state index in [1.807, 2.05) is 6.07 Å². The molecule has 0 saturated carbocycles. The van der Waals surface area contributed by atoms with Gasteiger partial charge in [-0.25, -0.2) is 17.7 Å². The summed E-state index contributed by atoms with van der Waals surface area (Å²) in [7, 11) is -0.723.